The predicted molar refractivity (Wildman–Crippen MR) is 122 cm³/mol. The summed E-state index contributed by atoms with van der Waals surface area (Å²) in [6.45, 7) is 2.34. The topological polar surface area (TPSA) is 76.8 Å². The molecule has 0 unspecified atom stereocenters. The Kier molecular flexibility index (Phi) is 5.09. The molecule has 2 aromatic carbocycles. The van der Waals surface area contributed by atoms with Crippen LogP contribution < -0.4 is 4.90 Å². The number of hydrogen-bond donors (Lipinski definition) is 0. The molecule has 1 amide bonds. The van der Waals surface area contributed by atoms with Crippen molar-refractivity contribution in [2.24, 2.45) is 0 Å². The first-order chi connectivity index (χ1) is 15.1. The highest BCUT2D eigenvalue weighted by molar-refractivity contribution is 7.22. The smallest absolute Gasteiger partial charge is 0.250 e. The van der Waals surface area contributed by atoms with E-state index < -0.39 is 0 Å². The molecule has 0 aliphatic heterocycles. The van der Waals surface area contributed by atoms with Crippen LogP contribution in [0, 0.1) is 6.92 Å². The third-order valence-corrected chi connectivity index (χ3v) is 6.49. The summed E-state index contributed by atoms with van der Waals surface area (Å²) in [5.74, 6) is -0.137. The predicted octanol–water partition coefficient (Wildman–Crippen LogP) is 4.63. The Bertz CT molecular complexity index is 1400. The molecule has 0 radical (unpaired) electrons. The molecule has 0 atom stereocenters. The van der Waals surface area contributed by atoms with Gasteiger partial charge in [-0.1, -0.05) is 46.4 Å². The fourth-order valence-electron chi connectivity index (χ4n) is 3.39. The monoisotopic (exact) mass is 448 g/mol. The number of aromatic nitrogens is 5. The SMILES string of the molecule is Cc1c(Cl)ccc2sc(N(Cc3cccnc3)C(=O)Cn3nnc4ccccc43)nc12. The Balaban J connectivity index is 1.54. The van der Waals surface area contributed by atoms with Crippen LogP contribution >= 0.6 is 22.9 Å². The van der Waals surface area contributed by atoms with E-state index in [9.17, 15) is 4.79 Å². The third-order valence-electron chi connectivity index (χ3n) is 5.04. The van der Waals surface area contributed by atoms with Gasteiger partial charge in [0.25, 0.3) is 5.91 Å². The number of pyridine rings is 1. The van der Waals surface area contributed by atoms with E-state index in [2.05, 4.69) is 15.3 Å². The highest BCUT2D eigenvalue weighted by Crippen LogP contribution is 2.34. The zero-order valence-corrected chi connectivity index (χ0v) is 18.1. The lowest BCUT2D eigenvalue weighted by molar-refractivity contribution is -0.119. The first-order valence-corrected chi connectivity index (χ1v) is 10.8. The number of fused-ring (bicyclic) bond motifs is 2. The maximum atomic E-state index is 13.4. The number of amides is 1. The molecule has 0 fully saturated rings. The van der Waals surface area contributed by atoms with Gasteiger partial charge in [0.15, 0.2) is 5.13 Å². The van der Waals surface area contributed by atoms with Crippen molar-refractivity contribution in [2.45, 2.75) is 20.0 Å². The third kappa shape index (κ3) is 3.75. The second-order valence-electron chi connectivity index (χ2n) is 7.09. The van der Waals surface area contributed by atoms with E-state index in [0.717, 1.165) is 32.4 Å². The second-order valence-corrected chi connectivity index (χ2v) is 8.51. The van der Waals surface area contributed by atoms with Gasteiger partial charge in [0.1, 0.15) is 12.1 Å². The van der Waals surface area contributed by atoms with E-state index in [1.54, 1.807) is 22.0 Å². The Hall–Kier alpha value is -3.36. The summed E-state index contributed by atoms with van der Waals surface area (Å²) in [5.41, 5.74) is 4.18. The van der Waals surface area contributed by atoms with Crippen LogP contribution in [0.2, 0.25) is 5.02 Å². The number of nitrogens with zero attached hydrogens (tertiary/aromatic N) is 6. The van der Waals surface area contributed by atoms with E-state index in [4.69, 9.17) is 16.6 Å². The van der Waals surface area contributed by atoms with Crippen molar-refractivity contribution in [3.05, 3.63) is 77.1 Å². The zero-order chi connectivity index (χ0) is 21.4. The molecular weight excluding hydrogens is 432 g/mol. The molecule has 3 aromatic heterocycles. The highest BCUT2D eigenvalue weighted by Gasteiger charge is 2.22. The minimum absolute atomic E-state index is 0.0520. The standard InChI is InChI=1S/C22H17ClN6OS/c1-14-16(23)8-9-19-21(14)25-22(31-19)28(12-15-5-4-10-24-11-15)20(30)13-29-18-7-3-2-6-17(18)26-27-29/h2-11H,12-13H2,1H3. The van der Waals surface area contributed by atoms with Gasteiger partial charge < -0.3 is 0 Å². The lowest BCUT2D eigenvalue weighted by Gasteiger charge is -2.20. The molecule has 5 aromatic rings. The minimum Gasteiger partial charge on any atom is -0.282 e. The maximum absolute atomic E-state index is 13.4. The largest absolute Gasteiger partial charge is 0.282 e. The summed E-state index contributed by atoms with van der Waals surface area (Å²) in [6, 6.07) is 15.2. The number of hydrogen-bond acceptors (Lipinski definition) is 6. The Morgan fingerprint density at radius 2 is 2.03 bits per heavy atom. The van der Waals surface area contributed by atoms with E-state index >= 15 is 0 Å². The van der Waals surface area contributed by atoms with Crippen LogP contribution in [0.3, 0.4) is 0 Å². The van der Waals surface area contributed by atoms with Crippen molar-refractivity contribution >= 4 is 55.2 Å². The van der Waals surface area contributed by atoms with Crippen molar-refractivity contribution in [3.63, 3.8) is 0 Å². The quantitative estimate of drug-likeness (QED) is 0.391. The molecule has 0 bridgehead atoms. The summed E-state index contributed by atoms with van der Waals surface area (Å²) in [4.78, 5) is 24.0. The average molecular weight is 449 g/mol. The van der Waals surface area contributed by atoms with E-state index in [-0.39, 0.29) is 12.5 Å². The number of benzene rings is 2. The lowest BCUT2D eigenvalue weighted by atomic mass is 10.2. The van der Waals surface area contributed by atoms with E-state index in [0.29, 0.717) is 16.7 Å². The molecular formula is C22H17ClN6OS. The number of rotatable bonds is 5. The molecule has 0 N–H and O–H groups in total. The normalized spacial score (nSPS) is 11.3. The van der Waals surface area contributed by atoms with Crippen LogP contribution in [-0.4, -0.2) is 30.9 Å². The number of thiazole rings is 1. The van der Waals surface area contributed by atoms with Crippen molar-refractivity contribution < 1.29 is 4.79 Å². The molecule has 0 aliphatic carbocycles. The van der Waals surface area contributed by atoms with Crippen LogP contribution in [0.4, 0.5) is 5.13 Å². The van der Waals surface area contributed by atoms with Gasteiger partial charge in [-0.15, -0.1) is 5.10 Å². The van der Waals surface area contributed by atoms with Crippen LogP contribution in [0.15, 0.2) is 60.9 Å². The molecule has 9 heteroatoms. The van der Waals surface area contributed by atoms with Gasteiger partial charge in [0.05, 0.1) is 22.3 Å². The summed E-state index contributed by atoms with van der Waals surface area (Å²) in [6.07, 6.45) is 3.46. The molecule has 3 heterocycles. The van der Waals surface area contributed by atoms with Gasteiger partial charge >= 0.3 is 0 Å². The molecule has 7 nitrogen and oxygen atoms in total. The minimum atomic E-state index is -0.137. The highest BCUT2D eigenvalue weighted by atomic mass is 35.5. The van der Waals surface area contributed by atoms with Gasteiger partial charge in [-0.3, -0.25) is 14.7 Å². The summed E-state index contributed by atoms with van der Waals surface area (Å²) in [7, 11) is 0. The van der Waals surface area contributed by atoms with Crippen LogP contribution in [-0.2, 0) is 17.9 Å². The number of para-hydroxylation sites is 1. The number of aryl methyl sites for hydroxylation is 1. The average Bonchev–Trinajstić information content (AvgIpc) is 3.40. The van der Waals surface area contributed by atoms with Crippen LogP contribution in [0.5, 0.6) is 0 Å². The van der Waals surface area contributed by atoms with Crippen molar-refractivity contribution in [2.75, 3.05) is 4.90 Å². The molecule has 5 rings (SSSR count). The molecule has 0 spiro atoms. The molecule has 0 saturated carbocycles. The van der Waals surface area contributed by atoms with Crippen LogP contribution in [0.1, 0.15) is 11.1 Å². The van der Waals surface area contributed by atoms with Gasteiger partial charge in [-0.2, -0.15) is 0 Å². The molecule has 154 valence electrons. The molecule has 31 heavy (non-hydrogen) atoms. The van der Waals surface area contributed by atoms with E-state index in [1.165, 1.54) is 11.3 Å². The summed E-state index contributed by atoms with van der Waals surface area (Å²) >= 11 is 7.74. The number of halogens is 1. The van der Waals surface area contributed by atoms with Gasteiger partial charge in [-0.25, -0.2) is 9.67 Å². The fourth-order valence-corrected chi connectivity index (χ4v) is 4.58. The number of anilines is 1. The summed E-state index contributed by atoms with van der Waals surface area (Å²) in [5, 5.41) is 9.57. The summed E-state index contributed by atoms with van der Waals surface area (Å²) < 4.78 is 2.59. The number of carbonyl (C=O) groups excluding carboxylic acids is 1. The Morgan fingerprint density at radius 1 is 1.16 bits per heavy atom. The van der Waals surface area contributed by atoms with Gasteiger partial charge in [0, 0.05) is 17.4 Å². The zero-order valence-electron chi connectivity index (χ0n) is 16.6. The lowest BCUT2D eigenvalue weighted by Crippen LogP contribution is -2.33. The second kappa shape index (κ2) is 8.05. The first kappa shape index (κ1) is 19.6. The van der Waals surface area contributed by atoms with E-state index in [1.807, 2.05) is 55.5 Å². The van der Waals surface area contributed by atoms with Crippen molar-refractivity contribution in [1.82, 2.24) is 25.0 Å². The molecule has 0 saturated heterocycles. The fraction of sp³-hybridized carbons (Fsp3) is 0.136. The first-order valence-electron chi connectivity index (χ1n) is 9.63. The number of carbonyl (C=O) groups is 1. The Labute approximate surface area is 186 Å². The Morgan fingerprint density at radius 3 is 2.87 bits per heavy atom. The van der Waals surface area contributed by atoms with Gasteiger partial charge in [0.2, 0.25) is 0 Å². The molecule has 0 aliphatic rings. The van der Waals surface area contributed by atoms with Crippen molar-refractivity contribution in [1.29, 1.82) is 0 Å². The van der Waals surface area contributed by atoms with Crippen LogP contribution in [0.25, 0.3) is 21.3 Å². The van der Waals surface area contributed by atoms with Crippen molar-refractivity contribution in [3.8, 4) is 0 Å². The van der Waals surface area contributed by atoms with Gasteiger partial charge in [-0.05, 0) is 48.4 Å². The maximum Gasteiger partial charge on any atom is 0.250 e.